The molecule has 1 aromatic heterocycles. The van der Waals surface area contributed by atoms with Gasteiger partial charge in [0.1, 0.15) is 12.4 Å². The number of nitrogen functional groups attached to an aromatic ring is 1. The van der Waals surface area contributed by atoms with Gasteiger partial charge in [-0.15, -0.1) is 5.10 Å². The van der Waals surface area contributed by atoms with Crippen LogP contribution in [0.4, 0.5) is 5.82 Å². The maximum atomic E-state index is 5.79. The van der Waals surface area contributed by atoms with Crippen molar-refractivity contribution < 1.29 is 4.74 Å². The van der Waals surface area contributed by atoms with Gasteiger partial charge in [0.15, 0.2) is 5.82 Å². The molecule has 5 nitrogen and oxygen atoms in total. The van der Waals surface area contributed by atoms with Gasteiger partial charge in [0.25, 0.3) is 0 Å². The highest BCUT2D eigenvalue weighted by molar-refractivity contribution is 5.35. The number of ether oxygens (including phenoxy) is 1. The van der Waals surface area contributed by atoms with Gasteiger partial charge in [0, 0.05) is 0 Å². The fraction of sp³-hybridized carbons (Fsp3) is 0.385. The van der Waals surface area contributed by atoms with Gasteiger partial charge in [0.2, 0.25) is 0 Å². The van der Waals surface area contributed by atoms with Crippen LogP contribution >= 0.6 is 0 Å². The molecule has 0 aliphatic carbocycles. The second kappa shape index (κ2) is 5.53. The van der Waals surface area contributed by atoms with Crippen LogP contribution in [0.5, 0.6) is 5.75 Å². The van der Waals surface area contributed by atoms with Crippen LogP contribution in [0.25, 0.3) is 0 Å². The molecule has 0 radical (unpaired) electrons. The molecule has 0 bridgehead atoms. The molecule has 0 aliphatic rings. The van der Waals surface area contributed by atoms with Crippen molar-refractivity contribution in [1.82, 2.24) is 15.0 Å². The lowest BCUT2D eigenvalue weighted by atomic mass is 10.1. The Bertz CT molecular complexity index is 493. The molecule has 2 N–H and O–H groups in total. The molecule has 0 amide bonds. The molecule has 0 fully saturated rings. The van der Waals surface area contributed by atoms with Gasteiger partial charge < -0.3 is 10.5 Å². The SMILES string of the molecule is CC(C)c1c(N)nnn1CCOc1ccccc1. The van der Waals surface area contributed by atoms with E-state index < -0.39 is 0 Å². The Morgan fingerprint density at radius 1 is 1.28 bits per heavy atom. The second-order valence-electron chi connectivity index (χ2n) is 4.40. The molecule has 0 atom stereocenters. The molecule has 0 aliphatic heterocycles. The van der Waals surface area contributed by atoms with E-state index in [9.17, 15) is 0 Å². The van der Waals surface area contributed by atoms with Crippen LogP contribution in [0.1, 0.15) is 25.5 Å². The summed E-state index contributed by atoms with van der Waals surface area (Å²) >= 11 is 0. The maximum absolute atomic E-state index is 5.79. The summed E-state index contributed by atoms with van der Waals surface area (Å²) in [7, 11) is 0. The molecule has 2 rings (SSSR count). The Balaban J connectivity index is 1.95. The molecule has 0 unspecified atom stereocenters. The molecule has 5 heteroatoms. The number of hydrogen-bond acceptors (Lipinski definition) is 4. The lowest BCUT2D eigenvalue weighted by molar-refractivity contribution is 0.286. The Hall–Kier alpha value is -2.04. The first kappa shape index (κ1) is 12.4. The number of para-hydroxylation sites is 1. The highest BCUT2D eigenvalue weighted by Gasteiger charge is 2.13. The average molecular weight is 246 g/mol. The van der Waals surface area contributed by atoms with Gasteiger partial charge in [-0.1, -0.05) is 37.3 Å². The molecule has 18 heavy (non-hydrogen) atoms. The quantitative estimate of drug-likeness (QED) is 0.877. The minimum atomic E-state index is 0.303. The van der Waals surface area contributed by atoms with Crippen molar-refractivity contribution in [3.63, 3.8) is 0 Å². The fourth-order valence-electron chi connectivity index (χ4n) is 1.86. The van der Waals surface area contributed by atoms with Crippen LogP contribution in [0, 0.1) is 0 Å². The first-order chi connectivity index (χ1) is 8.68. The van der Waals surface area contributed by atoms with E-state index in [0.29, 0.717) is 24.9 Å². The minimum Gasteiger partial charge on any atom is -0.492 e. The average Bonchev–Trinajstić information content (AvgIpc) is 2.72. The normalized spacial score (nSPS) is 10.8. The van der Waals surface area contributed by atoms with Gasteiger partial charge in [-0.2, -0.15) is 0 Å². The van der Waals surface area contributed by atoms with Gasteiger partial charge in [0.05, 0.1) is 12.2 Å². The predicted octanol–water partition coefficient (Wildman–Crippen LogP) is 2.06. The molecule has 0 spiro atoms. The van der Waals surface area contributed by atoms with Gasteiger partial charge >= 0.3 is 0 Å². The van der Waals surface area contributed by atoms with E-state index in [1.54, 1.807) is 0 Å². The first-order valence-electron chi connectivity index (χ1n) is 6.05. The van der Waals surface area contributed by atoms with E-state index in [2.05, 4.69) is 24.2 Å². The lowest BCUT2D eigenvalue weighted by Gasteiger charge is -2.10. The Morgan fingerprint density at radius 2 is 2.00 bits per heavy atom. The number of aromatic nitrogens is 3. The smallest absolute Gasteiger partial charge is 0.169 e. The Kier molecular flexibility index (Phi) is 3.82. The third kappa shape index (κ3) is 2.80. The Morgan fingerprint density at radius 3 is 2.67 bits per heavy atom. The van der Waals surface area contributed by atoms with E-state index in [1.807, 2.05) is 35.0 Å². The summed E-state index contributed by atoms with van der Waals surface area (Å²) in [5, 5.41) is 7.93. The van der Waals surface area contributed by atoms with Crippen molar-refractivity contribution in [1.29, 1.82) is 0 Å². The summed E-state index contributed by atoms with van der Waals surface area (Å²) in [5.74, 6) is 1.66. The topological polar surface area (TPSA) is 66.0 Å². The number of rotatable bonds is 5. The van der Waals surface area contributed by atoms with Crippen molar-refractivity contribution in [2.24, 2.45) is 0 Å². The van der Waals surface area contributed by atoms with Gasteiger partial charge in [-0.05, 0) is 18.1 Å². The van der Waals surface area contributed by atoms with E-state index in [-0.39, 0.29) is 0 Å². The van der Waals surface area contributed by atoms with Crippen LogP contribution in [-0.4, -0.2) is 21.6 Å². The van der Waals surface area contributed by atoms with Crippen molar-refractivity contribution >= 4 is 5.82 Å². The monoisotopic (exact) mass is 246 g/mol. The van der Waals surface area contributed by atoms with Crippen LogP contribution < -0.4 is 10.5 Å². The molecule has 1 aromatic carbocycles. The molecular weight excluding hydrogens is 228 g/mol. The highest BCUT2D eigenvalue weighted by atomic mass is 16.5. The zero-order valence-electron chi connectivity index (χ0n) is 10.7. The van der Waals surface area contributed by atoms with Crippen LogP contribution in [0.15, 0.2) is 30.3 Å². The van der Waals surface area contributed by atoms with Crippen molar-refractivity contribution in [3.8, 4) is 5.75 Å². The summed E-state index contributed by atoms with van der Waals surface area (Å²) in [5.41, 5.74) is 6.75. The first-order valence-corrected chi connectivity index (χ1v) is 6.05. The number of nitrogens with zero attached hydrogens (tertiary/aromatic N) is 3. The predicted molar refractivity (Wildman–Crippen MR) is 70.5 cm³/mol. The number of anilines is 1. The van der Waals surface area contributed by atoms with Gasteiger partial charge in [-0.3, -0.25) is 0 Å². The summed E-state index contributed by atoms with van der Waals surface area (Å²) in [6, 6.07) is 9.71. The minimum absolute atomic E-state index is 0.303. The van der Waals surface area contributed by atoms with E-state index >= 15 is 0 Å². The van der Waals surface area contributed by atoms with Crippen molar-refractivity contribution in [3.05, 3.63) is 36.0 Å². The molecule has 0 saturated carbocycles. The Labute approximate surface area is 107 Å². The molecule has 0 saturated heterocycles. The third-order valence-corrected chi connectivity index (χ3v) is 2.66. The third-order valence-electron chi connectivity index (χ3n) is 2.66. The molecular formula is C13H18N4O. The summed E-state index contributed by atoms with van der Waals surface area (Å²) in [6.45, 7) is 5.34. The summed E-state index contributed by atoms with van der Waals surface area (Å²) < 4.78 is 7.43. The summed E-state index contributed by atoms with van der Waals surface area (Å²) in [4.78, 5) is 0. The number of nitrogens with two attached hydrogens (primary N) is 1. The number of hydrogen-bond donors (Lipinski definition) is 1. The largest absolute Gasteiger partial charge is 0.492 e. The van der Waals surface area contributed by atoms with Crippen molar-refractivity contribution in [2.45, 2.75) is 26.3 Å². The van der Waals surface area contributed by atoms with Crippen LogP contribution in [0.3, 0.4) is 0 Å². The second-order valence-corrected chi connectivity index (χ2v) is 4.40. The molecule has 2 aromatic rings. The lowest BCUT2D eigenvalue weighted by Crippen LogP contribution is -2.13. The molecule has 96 valence electrons. The van der Waals surface area contributed by atoms with E-state index in [4.69, 9.17) is 10.5 Å². The maximum Gasteiger partial charge on any atom is 0.169 e. The molecule has 1 heterocycles. The van der Waals surface area contributed by atoms with E-state index in [0.717, 1.165) is 11.4 Å². The standard InChI is InChI=1S/C13H18N4O/c1-10(2)12-13(14)15-16-17(12)8-9-18-11-6-4-3-5-7-11/h3-7,10H,8-9,14H2,1-2H3. The zero-order chi connectivity index (χ0) is 13.0. The fourth-order valence-corrected chi connectivity index (χ4v) is 1.86. The van der Waals surface area contributed by atoms with Crippen LogP contribution in [-0.2, 0) is 6.54 Å². The summed E-state index contributed by atoms with van der Waals surface area (Å²) in [6.07, 6.45) is 0. The highest BCUT2D eigenvalue weighted by Crippen LogP contribution is 2.18. The van der Waals surface area contributed by atoms with Gasteiger partial charge in [-0.25, -0.2) is 4.68 Å². The number of benzene rings is 1. The van der Waals surface area contributed by atoms with Crippen molar-refractivity contribution in [2.75, 3.05) is 12.3 Å². The van der Waals surface area contributed by atoms with E-state index in [1.165, 1.54) is 0 Å². The zero-order valence-corrected chi connectivity index (χ0v) is 10.7. The van der Waals surface area contributed by atoms with Crippen LogP contribution in [0.2, 0.25) is 0 Å².